The van der Waals surface area contributed by atoms with E-state index in [1.54, 1.807) is 60.3 Å². The summed E-state index contributed by atoms with van der Waals surface area (Å²) in [5.74, 6) is -0.504. The van der Waals surface area contributed by atoms with E-state index < -0.39 is 72.5 Å². The van der Waals surface area contributed by atoms with Crippen molar-refractivity contribution in [2.75, 3.05) is 25.5 Å². The van der Waals surface area contributed by atoms with Crippen molar-refractivity contribution in [1.29, 1.82) is 0 Å². The van der Waals surface area contributed by atoms with Gasteiger partial charge in [0.2, 0.25) is 0 Å². The number of thioether (sulfide) groups is 2. The van der Waals surface area contributed by atoms with E-state index in [9.17, 15) is 9.59 Å². The van der Waals surface area contributed by atoms with Gasteiger partial charge in [-0.1, -0.05) is 212 Å². The van der Waals surface area contributed by atoms with E-state index in [-0.39, 0.29) is 45.2 Å². The second-order valence-corrected chi connectivity index (χ2v) is 21.5. The van der Waals surface area contributed by atoms with E-state index >= 15 is 0 Å². The second-order valence-electron chi connectivity index (χ2n) is 19.1. The van der Waals surface area contributed by atoms with Crippen LogP contribution >= 0.6 is 23.5 Å². The number of benzene rings is 7. The Kier molecular flexibility index (Phi) is 20.6. The molecule has 13 nitrogen and oxygen atoms in total. The fraction of sp³-hybridized carbons (Fsp3) is 0.297. The molecular formula is C64H63NO12S2. The van der Waals surface area contributed by atoms with Crippen molar-refractivity contribution in [3.05, 3.63) is 251 Å². The summed E-state index contributed by atoms with van der Waals surface area (Å²) in [6.07, 6.45) is -8.97. The van der Waals surface area contributed by atoms with Crippen molar-refractivity contribution in [1.82, 2.24) is 0 Å². The molecule has 0 N–H and O–H groups in total. The molecule has 10 atom stereocenters. The van der Waals surface area contributed by atoms with Crippen LogP contribution in [0.1, 0.15) is 48.5 Å². The van der Waals surface area contributed by atoms with Gasteiger partial charge in [-0.3, -0.25) is 4.99 Å². The zero-order valence-corrected chi connectivity index (χ0v) is 45.1. The van der Waals surface area contributed by atoms with E-state index in [0.29, 0.717) is 18.7 Å². The molecule has 0 bridgehead atoms. The molecule has 0 aromatic heterocycles. The Bertz CT molecular complexity index is 2950. The number of carbonyl (C=O) groups is 2. The molecule has 15 heteroatoms. The summed E-state index contributed by atoms with van der Waals surface area (Å²) < 4.78 is 69.4. The summed E-state index contributed by atoms with van der Waals surface area (Å²) >= 11 is 2.98. The normalized spacial score (nSPS) is 23.8. The van der Waals surface area contributed by atoms with Crippen LogP contribution in [-0.2, 0) is 80.4 Å². The van der Waals surface area contributed by atoms with E-state index in [4.69, 9.17) is 52.4 Å². The molecule has 408 valence electrons. The minimum atomic E-state index is -1.29. The molecule has 7 aromatic carbocycles. The summed E-state index contributed by atoms with van der Waals surface area (Å²) in [5.41, 5.74) is 4.44. The SMILES string of the molecule is O=C(O[C@@H]1[C@@H](OCc2ccccc2)[C@H](SC2=NCCS2)O[C@H](CO[C@H]2O[C@H](COCc3ccccc3)[C@@H](OCc3ccccc3)[C@H](OCc3ccccc3)[C@H]2OCc2ccccc2)[C@H]1OC(=O)c1ccccc1)c1ccccc1. The summed E-state index contributed by atoms with van der Waals surface area (Å²) in [7, 11) is 0. The first-order valence-electron chi connectivity index (χ1n) is 26.5. The number of nitrogens with zero attached hydrogens (tertiary/aromatic N) is 1. The molecule has 0 aliphatic carbocycles. The van der Waals surface area contributed by atoms with Gasteiger partial charge in [-0.25, -0.2) is 9.59 Å². The van der Waals surface area contributed by atoms with Gasteiger partial charge in [0.15, 0.2) is 18.5 Å². The number of carbonyl (C=O) groups excluding carboxylic acids is 2. The Morgan fingerprint density at radius 3 is 1.30 bits per heavy atom. The number of rotatable bonds is 24. The maximum atomic E-state index is 14.4. The van der Waals surface area contributed by atoms with Gasteiger partial charge in [-0.2, -0.15) is 0 Å². The van der Waals surface area contributed by atoms with Crippen LogP contribution in [0.3, 0.4) is 0 Å². The maximum Gasteiger partial charge on any atom is 0.338 e. The Morgan fingerprint density at radius 1 is 0.430 bits per heavy atom. The molecule has 0 unspecified atom stereocenters. The lowest BCUT2D eigenvalue weighted by molar-refractivity contribution is -0.335. The van der Waals surface area contributed by atoms with Crippen molar-refractivity contribution >= 4 is 39.8 Å². The van der Waals surface area contributed by atoms with Gasteiger partial charge in [-0.15, -0.1) is 0 Å². The molecule has 0 amide bonds. The zero-order valence-electron chi connectivity index (χ0n) is 43.5. The molecule has 2 fully saturated rings. The minimum Gasteiger partial charge on any atom is -0.452 e. The van der Waals surface area contributed by atoms with Crippen LogP contribution in [0.5, 0.6) is 0 Å². The fourth-order valence-electron chi connectivity index (χ4n) is 9.42. The molecule has 2 saturated heterocycles. The largest absolute Gasteiger partial charge is 0.452 e. The molecule has 10 rings (SSSR count). The topological polar surface area (TPSA) is 139 Å². The highest BCUT2D eigenvalue weighted by molar-refractivity contribution is 8.39. The number of hydrogen-bond donors (Lipinski definition) is 0. The first-order valence-corrected chi connectivity index (χ1v) is 28.4. The Balaban J connectivity index is 1.03. The summed E-state index contributed by atoms with van der Waals surface area (Å²) in [6.45, 7) is 1.56. The number of ether oxygens (including phenoxy) is 10. The van der Waals surface area contributed by atoms with Gasteiger partial charge in [0.25, 0.3) is 0 Å². The Hall–Kier alpha value is -6.47. The van der Waals surface area contributed by atoms with Crippen LogP contribution in [0.2, 0.25) is 0 Å². The van der Waals surface area contributed by atoms with Gasteiger partial charge in [0.05, 0.1) is 63.9 Å². The predicted molar refractivity (Wildman–Crippen MR) is 303 cm³/mol. The third-order valence-corrected chi connectivity index (χ3v) is 15.8. The van der Waals surface area contributed by atoms with Gasteiger partial charge < -0.3 is 47.4 Å². The van der Waals surface area contributed by atoms with Crippen molar-refractivity contribution in [3.8, 4) is 0 Å². The zero-order chi connectivity index (χ0) is 53.9. The summed E-state index contributed by atoms with van der Waals surface area (Å²) in [4.78, 5) is 33.6. The quantitative estimate of drug-likeness (QED) is 0.0530. The lowest BCUT2D eigenvalue weighted by atomic mass is 9.97. The van der Waals surface area contributed by atoms with E-state index in [2.05, 4.69) is 0 Å². The van der Waals surface area contributed by atoms with Crippen LogP contribution in [0.15, 0.2) is 217 Å². The highest BCUT2D eigenvalue weighted by Crippen LogP contribution is 2.40. The van der Waals surface area contributed by atoms with Gasteiger partial charge in [0.1, 0.15) is 46.4 Å². The van der Waals surface area contributed by atoms with Gasteiger partial charge in [0, 0.05) is 5.75 Å². The van der Waals surface area contributed by atoms with Crippen LogP contribution in [0, 0.1) is 0 Å². The number of aliphatic imine (C=N–C) groups is 1. The molecular weight excluding hydrogens is 1040 g/mol. The van der Waals surface area contributed by atoms with Crippen molar-refractivity contribution in [3.63, 3.8) is 0 Å². The lowest BCUT2D eigenvalue weighted by Crippen LogP contribution is -2.64. The van der Waals surface area contributed by atoms with Gasteiger partial charge >= 0.3 is 11.9 Å². The van der Waals surface area contributed by atoms with Crippen LogP contribution in [-0.4, -0.2) is 102 Å². The third kappa shape index (κ3) is 15.9. The lowest BCUT2D eigenvalue weighted by Gasteiger charge is -2.47. The molecule has 7 aromatic rings. The minimum absolute atomic E-state index is 0.0957. The van der Waals surface area contributed by atoms with Crippen LogP contribution in [0.4, 0.5) is 0 Å². The molecule has 0 saturated carbocycles. The number of hydrogen-bond acceptors (Lipinski definition) is 15. The van der Waals surface area contributed by atoms with Crippen LogP contribution < -0.4 is 0 Å². The second kappa shape index (κ2) is 29.1. The Labute approximate surface area is 469 Å². The fourth-order valence-corrected chi connectivity index (χ4v) is 11.7. The summed E-state index contributed by atoms with van der Waals surface area (Å²) in [6, 6.07) is 66.6. The monoisotopic (exact) mass is 1100 g/mol. The predicted octanol–water partition coefficient (Wildman–Crippen LogP) is 11.3. The van der Waals surface area contributed by atoms with E-state index in [0.717, 1.165) is 37.9 Å². The average molecular weight is 1100 g/mol. The first kappa shape index (κ1) is 55.8. The van der Waals surface area contributed by atoms with Crippen molar-refractivity contribution in [2.24, 2.45) is 4.99 Å². The molecule has 0 spiro atoms. The van der Waals surface area contributed by atoms with Crippen LogP contribution in [0.25, 0.3) is 0 Å². The molecule has 3 aliphatic heterocycles. The molecule has 0 radical (unpaired) electrons. The Morgan fingerprint density at radius 2 is 0.835 bits per heavy atom. The van der Waals surface area contributed by atoms with E-state index in [1.807, 2.05) is 164 Å². The number of esters is 2. The first-order chi connectivity index (χ1) is 39.0. The molecule has 79 heavy (non-hydrogen) atoms. The molecule has 3 aliphatic rings. The third-order valence-electron chi connectivity index (χ3n) is 13.4. The maximum absolute atomic E-state index is 14.4. The summed E-state index contributed by atoms with van der Waals surface area (Å²) in [5, 5.41) is 0. The average Bonchev–Trinajstić information content (AvgIpc) is 4.10. The highest BCUT2D eigenvalue weighted by Gasteiger charge is 2.54. The van der Waals surface area contributed by atoms with E-state index in [1.165, 1.54) is 11.8 Å². The molecule has 3 heterocycles. The smallest absolute Gasteiger partial charge is 0.338 e. The standard InChI is InChI=1S/C64H63NO12S2/c66-60(50-32-18-6-19-33-50)76-55-53(75-63(79-64-65-36-37-78-64)59(72-42-49-30-16-5-17-31-49)57(55)77-61(67)51-34-20-7-21-35-51)44-73-62-58(71-41-48-28-14-4-15-29-48)56(70-40-47-26-12-3-13-27-47)54(69-39-46-24-10-2-11-25-46)52(74-62)43-68-38-45-22-8-1-9-23-45/h1-35,52-59,62-63H,36-44H2/t52-,53-,54-,55-,56+,57+,58-,59-,62+,63+/m1/s1. The highest BCUT2D eigenvalue weighted by atomic mass is 32.2. The van der Waals surface area contributed by atoms with Crippen molar-refractivity contribution in [2.45, 2.75) is 93.6 Å². The van der Waals surface area contributed by atoms with Crippen molar-refractivity contribution < 1.29 is 57.0 Å². The van der Waals surface area contributed by atoms with Gasteiger partial charge in [-0.05, 0) is 52.1 Å².